The Labute approximate surface area is 97.0 Å². The van der Waals surface area contributed by atoms with Crippen molar-refractivity contribution in [1.82, 2.24) is 5.32 Å². The number of unbranched alkanes of at least 4 members (excludes halogenated alkanes) is 4. The van der Waals surface area contributed by atoms with E-state index < -0.39 is 0 Å². The summed E-state index contributed by atoms with van der Waals surface area (Å²) in [4.78, 5) is 0. The molecule has 1 atom stereocenters. The van der Waals surface area contributed by atoms with Gasteiger partial charge in [0.25, 0.3) is 0 Å². The van der Waals surface area contributed by atoms with Crippen molar-refractivity contribution in [2.45, 2.75) is 71.6 Å². The Bertz CT molecular complexity index is 112. The zero-order valence-electron chi connectivity index (χ0n) is 11.1. The number of nitrogens with one attached hydrogen (secondary N) is 1. The van der Waals surface area contributed by atoms with Gasteiger partial charge in [0.15, 0.2) is 0 Å². The fourth-order valence-corrected chi connectivity index (χ4v) is 2.23. The minimum atomic E-state index is 0.976. The van der Waals surface area contributed by atoms with E-state index in [9.17, 15) is 0 Å². The summed E-state index contributed by atoms with van der Waals surface area (Å²) in [6.45, 7) is 5.79. The maximum absolute atomic E-state index is 3.27. The third kappa shape index (κ3) is 10.2. The van der Waals surface area contributed by atoms with Gasteiger partial charge in [-0.1, -0.05) is 65.2 Å². The zero-order chi connectivity index (χ0) is 11.4. The summed E-state index contributed by atoms with van der Waals surface area (Å²) in [6.07, 6.45) is 12.7. The average Bonchev–Trinajstić information content (AvgIpc) is 2.25. The number of hydrogen-bond acceptors (Lipinski definition) is 1. The van der Waals surface area contributed by atoms with Crippen molar-refractivity contribution in [2.24, 2.45) is 5.92 Å². The van der Waals surface area contributed by atoms with Gasteiger partial charge >= 0.3 is 0 Å². The Hall–Kier alpha value is -0.0400. The van der Waals surface area contributed by atoms with Crippen LogP contribution in [0.1, 0.15) is 71.6 Å². The number of hydrogen-bond donors (Lipinski definition) is 1. The Morgan fingerprint density at radius 2 is 1.53 bits per heavy atom. The zero-order valence-corrected chi connectivity index (χ0v) is 11.1. The highest BCUT2D eigenvalue weighted by atomic mass is 14.8. The van der Waals surface area contributed by atoms with E-state index in [0.717, 1.165) is 5.92 Å². The third-order valence-corrected chi connectivity index (χ3v) is 3.22. The molecule has 0 fully saturated rings. The van der Waals surface area contributed by atoms with Crippen LogP contribution in [-0.2, 0) is 0 Å². The van der Waals surface area contributed by atoms with Crippen molar-refractivity contribution in [3.63, 3.8) is 0 Å². The molecular weight excluding hydrogens is 182 g/mol. The predicted molar refractivity (Wildman–Crippen MR) is 70.3 cm³/mol. The molecule has 0 saturated carbocycles. The van der Waals surface area contributed by atoms with E-state index >= 15 is 0 Å². The lowest BCUT2D eigenvalue weighted by molar-refractivity contribution is 0.391. The molecule has 1 heteroatoms. The lowest BCUT2D eigenvalue weighted by Crippen LogP contribution is -2.13. The second kappa shape index (κ2) is 12.0. The molecule has 0 saturated heterocycles. The molecule has 0 aromatic carbocycles. The van der Waals surface area contributed by atoms with Gasteiger partial charge in [-0.2, -0.15) is 0 Å². The van der Waals surface area contributed by atoms with E-state index in [1.54, 1.807) is 0 Å². The molecule has 0 aromatic heterocycles. The molecule has 0 aliphatic rings. The first-order valence-corrected chi connectivity index (χ1v) is 6.99. The summed E-state index contributed by atoms with van der Waals surface area (Å²) in [5, 5.41) is 3.27. The summed E-state index contributed by atoms with van der Waals surface area (Å²) >= 11 is 0. The Morgan fingerprint density at radius 1 is 0.800 bits per heavy atom. The van der Waals surface area contributed by atoms with Crippen molar-refractivity contribution in [2.75, 3.05) is 13.6 Å². The topological polar surface area (TPSA) is 12.0 Å². The minimum absolute atomic E-state index is 0.976. The molecular formula is C14H31N. The molecule has 1 unspecified atom stereocenters. The molecule has 0 heterocycles. The van der Waals surface area contributed by atoms with E-state index in [-0.39, 0.29) is 0 Å². The van der Waals surface area contributed by atoms with Gasteiger partial charge in [0.2, 0.25) is 0 Å². The molecule has 0 aliphatic carbocycles. The van der Waals surface area contributed by atoms with Crippen LogP contribution in [0.25, 0.3) is 0 Å². The summed E-state index contributed by atoms with van der Waals surface area (Å²) in [7, 11) is 2.06. The van der Waals surface area contributed by atoms with E-state index in [1.165, 1.54) is 64.3 Å². The molecule has 1 N–H and O–H groups in total. The molecule has 0 amide bonds. The average molecular weight is 213 g/mol. The number of rotatable bonds is 11. The van der Waals surface area contributed by atoms with E-state index in [1.807, 2.05) is 0 Å². The highest BCUT2D eigenvalue weighted by molar-refractivity contribution is 4.60. The Balaban J connectivity index is 3.38. The molecule has 0 radical (unpaired) electrons. The first kappa shape index (κ1) is 15.0. The Morgan fingerprint density at radius 3 is 2.13 bits per heavy atom. The molecule has 0 spiro atoms. The van der Waals surface area contributed by atoms with Crippen LogP contribution in [0.3, 0.4) is 0 Å². The van der Waals surface area contributed by atoms with Gasteiger partial charge in [0.05, 0.1) is 0 Å². The summed E-state index contributed by atoms with van der Waals surface area (Å²) in [6, 6.07) is 0. The molecule has 92 valence electrons. The maximum Gasteiger partial charge on any atom is -0.00493 e. The van der Waals surface area contributed by atoms with Gasteiger partial charge in [0.1, 0.15) is 0 Å². The van der Waals surface area contributed by atoms with Crippen molar-refractivity contribution >= 4 is 0 Å². The van der Waals surface area contributed by atoms with Crippen LogP contribution in [0, 0.1) is 5.92 Å². The fourth-order valence-electron chi connectivity index (χ4n) is 2.23. The highest BCUT2D eigenvalue weighted by Gasteiger charge is 2.06. The van der Waals surface area contributed by atoms with Gasteiger partial charge in [-0.15, -0.1) is 0 Å². The van der Waals surface area contributed by atoms with Gasteiger partial charge in [-0.05, 0) is 25.9 Å². The van der Waals surface area contributed by atoms with Crippen molar-refractivity contribution < 1.29 is 0 Å². The van der Waals surface area contributed by atoms with Crippen molar-refractivity contribution in [3.05, 3.63) is 0 Å². The largest absolute Gasteiger partial charge is 0.320 e. The molecule has 0 aliphatic heterocycles. The second-order valence-electron chi connectivity index (χ2n) is 4.75. The van der Waals surface area contributed by atoms with Gasteiger partial charge in [0, 0.05) is 0 Å². The van der Waals surface area contributed by atoms with Crippen LogP contribution in [0.4, 0.5) is 0 Å². The summed E-state index contributed by atoms with van der Waals surface area (Å²) in [5.41, 5.74) is 0. The van der Waals surface area contributed by atoms with Crippen LogP contribution in [0.15, 0.2) is 0 Å². The van der Waals surface area contributed by atoms with Crippen molar-refractivity contribution in [1.29, 1.82) is 0 Å². The lowest BCUT2D eigenvalue weighted by atomic mass is 9.93. The smallest absolute Gasteiger partial charge is 0.00493 e. The van der Waals surface area contributed by atoms with E-state index in [0.29, 0.717) is 0 Å². The Kier molecular flexibility index (Phi) is 12.0. The predicted octanol–water partition coefficient (Wildman–Crippen LogP) is 4.37. The van der Waals surface area contributed by atoms with Crippen LogP contribution in [-0.4, -0.2) is 13.6 Å². The van der Waals surface area contributed by atoms with Crippen LogP contribution >= 0.6 is 0 Å². The molecule has 1 nitrogen and oxygen atoms in total. The standard InChI is InChI=1S/C14H31N/c1-4-6-7-8-9-11-14(10-5-2)12-13-15-3/h14-15H,4-13H2,1-3H3. The first-order valence-electron chi connectivity index (χ1n) is 6.99. The van der Waals surface area contributed by atoms with Gasteiger partial charge in [-0.3, -0.25) is 0 Å². The maximum atomic E-state index is 3.27. The molecule has 0 rings (SSSR count). The highest BCUT2D eigenvalue weighted by Crippen LogP contribution is 2.19. The lowest BCUT2D eigenvalue weighted by Gasteiger charge is -2.15. The normalized spacial score (nSPS) is 13.0. The van der Waals surface area contributed by atoms with Crippen LogP contribution < -0.4 is 5.32 Å². The summed E-state index contributed by atoms with van der Waals surface area (Å²) < 4.78 is 0. The quantitative estimate of drug-likeness (QED) is 0.502. The molecule has 15 heavy (non-hydrogen) atoms. The third-order valence-electron chi connectivity index (χ3n) is 3.22. The van der Waals surface area contributed by atoms with Crippen molar-refractivity contribution in [3.8, 4) is 0 Å². The van der Waals surface area contributed by atoms with Gasteiger partial charge in [-0.25, -0.2) is 0 Å². The molecule has 0 bridgehead atoms. The van der Waals surface area contributed by atoms with E-state index in [4.69, 9.17) is 0 Å². The van der Waals surface area contributed by atoms with E-state index in [2.05, 4.69) is 26.2 Å². The SMILES string of the molecule is CCCCCCCC(CCC)CCNC. The first-order chi connectivity index (χ1) is 7.35. The monoisotopic (exact) mass is 213 g/mol. The van der Waals surface area contributed by atoms with Crippen LogP contribution in [0.5, 0.6) is 0 Å². The fraction of sp³-hybridized carbons (Fsp3) is 1.00. The molecule has 0 aromatic rings. The van der Waals surface area contributed by atoms with Crippen LogP contribution in [0.2, 0.25) is 0 Å². The second-order valence-corrected chi connectivity index (χ2v) is 4.75. The van der Waals surface area contributed by atoms with Gasteiger partial charge < -0.3 is 5.32 Å². The minimum Gasteiger partial charge on any atom is -0.320 e. The summed E-state index contributed by atoms with van der Waals surface area (Å²) in [5.74, 6) is 0.976.